The number of rotatable bonds is 2. The highest BCUT2D eigenvalue weighted by molar-refractivity contribution is 7.18. The van der Waals surface area contributed by atoms with Crippen molar-refractivity contribution in [2.24, 2.45) is 0 Å². The van der Waals surface area contributed by atoms with Gasteiger partial charge in [-0.25, -0.2) is 0 Å². The van der Waals surface area contributed by atoms with Crippen LogP contribution in [0.3, 0.4) is 0 Å². The first-order chi connectivity index (χ1) is 7.11. The molecule has 15 heavy (non-hydrogen) atoms. The second kappa shape index (κ2) is 3.28. The maximum absolute atomic E-state index is 10.6. The molecule has 1 aromatic heterocycles. The molecule has 76 valence electrons. The number of non-ortho nitro benzene ring substituents is 1. The summed E-state index contributed by atoms with van der Waals surface area (Å²) >= 11 is 1.01. The van der Waals surface area contributed by atoms with Crippen molar-refractivity contribution in [1.29, 1.82) is 0 Å². The molecule has 0 amide bonds. The highest BCUT2D eigenvalue weighted by Gasteiger charge is 2.20. The number of hydrogen-bond acceptors (Lipinski definition) is 5. The average molecular weight is 224 g/mol. The summed E-state index contributed by atoms with van der Waals surface area (Å²) in [5.41, 5.74) is -0.177. The first-order valence-electron chi connectivity index (χ1n) is 3.90. The molecule has 0 bridgehead atoms. The van der Waals surface area contributed by atoms with Crippen LogP contribution in [0.4, 0.5) is 11.4 Å². The molecule has 0 fully saturated rings. The Hall–Kier alpha value is -2.02. The zero-order valence-electron chi connectivity index (χ0n) is 7.25. The summed E-state index contributed by atoms with van der Waals surface area (Å²) in [7, 11) is 0. The van der Waals surface area contributed by atoms with Crippen LogP contribution < -0.4 is 0 Å². The Morgan fingerprint density at radius 1 is 1.07 bits per heavy atom. The molecule has 0 unspecified atom stereocenters. The molecule has 2 rings (SSSR count). The van der Waals surface area contributed by atoms with E-state index in [1.807, 2.05) is 0 Å². The van der Waals surface area contributed by atoms with Gasteiger partial charge < -0.3 is 0 Å². The molecule has 1 aromatic carbocycles. The minimum atomic E-state index is -0.539. The Labute approximate surface area is 87.1 Å². The second-order valence-corrected chi connectivity index (χ2v) is 3.67. The third-order valence-corrected chi connectivity index (χ3v) is 2.96. The molecule has 0 radical (unpaired) electrons. The van der Waals surface area contributed by atoms with Crippen molar-refractivity contribution in [3.05, 3.63) is 43.8 Å². The first kappa shape index (κ1) is 9.53. The molecule has 0 saturated carbocycles. The number of hydrogen-bond donors (Lipinski definition) is 0. The van der Waals surface area contributed by atoms with Crippen molar-refractivity contribution in [3.63, 3.8) is 0 Å². The number of benzene rings is 1. The molecule has 0 aliphatic rings. The van der Waals surface area contributed by atoms with Crippen LogP contribution in [-0.4, -0.2) is 9.85 Å². The van der Waals surface area contributed by atoms with Crippen molar-refractivity contribution in [1.82, 2.24) is 0 Å². The minimum absolute atomic E-state index is 0.0845. The highest BCUT2D eigenvalue weighted by Crippen LogP contribution is 2.37. The van der Waals surface area contributed by atoms with Crippen LogP contribution in [0.15, 0.2) is 23.6 Å². The molecule has 2 aromatic rings. The molecule has 0 spiro atoms. The number of nitrogens with zero attached hydrogens (tertiary/aromatic N) is 2. The topological polar surface area (TPSA) is 86.3 Å². The van der Waals surface area contributed by atoms with Crippen LogP contribution in [0.25, 0.3) is 10.1 Å². The number of fused-ring (bicyclic) bond motifs is 1. The average Bonchev–Trinajstić information content (AvgIpc) is 2.59. The molecule has 6 nitrogen and oxygen atoms in total. The van der Waals surface area contributed by atoms with Crippen LogP contribution in [0.1, 0.15) is 0 Å². The summed E-state index contributed by atoms with van der Waals surface area (Å²) in [4.78, 5) is 20.2. The quantitative estimate of drug-likeness (QED) is 0.579. The Balaban J connectivity index is 2.80. The molecule has 0 atom stereocenters. The van der Waals surface area contributed by atoms with Gasteiger partial charge in [0.2, 0.25) is 0 Å². The Kier molecular flexibility index (Phi) is 2.09. The van der Waals surface area contributed by atoms with Gasteiger partial charge in [0.15, 0.2) is 0 Å². The fourth-order valence-electron chi connectivity index (χ4n) is 1.31. The lowest BCUT2D eigenvalue weighted by Crippen LogP contribution is -1.88. The number of nitro benzene ring substituents is 1. The van der Waals surface area contributed by atoms with E-state index in [0.717, 1.165) is 11.3 Å². The van der Waals surface area contributed by atoms with Crippen molar-refractivity contribution in [2.75, 3.05) is 0 Å². The van der Waals surface area contributed by atoms with E-state index in [1.54, 1.807) is 0 Å². The largest absolute Gasteiger partial charge is 0.288 e. The van der Waals surface area contributed by atoms with E-state index in [0.29, 0.717) is 10.1 Å². The zero-order valence-corrected chi connectivity index (χ0v) is 8.06. The lowest BCUT2D eigenvalue weighted by atomic mass is 10.2. The summed E-state index contributed by atoms with van der Waals surface area (Å²) in [5.74, 6) is 0. The van der Waals surface area contributed by atoms with Crippen LogP contribution in [0.2, 0.25) is 0 Å². The van der Waals surface area contributed by atoms with Crippen molar-refractivity contribution >= 4 is 32.8 Å². The molecular weight excluding hydrogens is 220 g/mol. The maximum atomic E-state index is 10.6. The van der Waals surface area contributed by atoms with E-state index in [1.165, 1.54) is 23.6 Å². The van der Waals surface area contributed by atoms with Gasteiger partial charge in [-0.1, -0.05) is 6.07 Å². The van der Waals surface area contributed by atoms with Crippen LogP contribution in [-0.2, 0) is 0 Å². The van der Waals surface area contributed by atoms with E-state index in [-0.39, 0.29) is 11.4 Å². The van der Waals surface area contributed by atoms with Crippen molar-refractivity contribution in [2.45, 2.75) is 0 Å². The van der Waals surface area contributed by atoms with Gasteiger partial charge >= 0.3 is 0 Å². The first-order valence-corrected chi connectivity index (χ1v) is 4.78. The third kappa shape index (κ3) is 1.42. The van der Waals surface area contributed by atoms with Gasteiger partial charge in [0, 0.05) is 6.07 Å². The molecule has 0 aliphatic heterocycles. The van der Waals surface area contributed by atoms with Gasteiger partial charge in [0.05, 0.1) is 20.6 Å². The predicted molar refractivity (Wildman–Crippen MR) is 55.1 cm³/mol. The van der Waals surface area contributed by atoms with E-state index in [4.69, 9.17) is 0 Å². The Bertz CT molecular complexity index is 563. The van der Waals surface area contributed by atoms with Gasteiger partial charge in [-0.3, -0.25) is 20.2 Å². The van der Waals surface area contributed by atoms with Crippen molar-refractivity contribution < 1.29 is 9.85 Å². The van der Waals surface area contributed by atoms with Crippen LogP contribution in [0, 0.1) is 20.2 Å². The second-order valence-electron chi connectivity index (χ2n) is 2.79. The van der Waals surface area contributed by atoms with Crippen LogP contribution >= 0.6 is 11.3 Å². The van der Waals surface area contributed by atoms with E-state index >= 15 is 0 Å². The SMILES string of the molecule is O=[N+]([O-])c1csc2c([N+](=O)[O-])cccc12. The van der Waals surface area contributed by atoms with Gasteiger partial charge in [0.1, 0.15) is 4.70 Å². The predicted octanol–water partition coefficient (Wildman–Crippen LogP) is 2.72. The third-order valence-electron chi connectivity index (χ3n) is 1.95. The Morgan fingerprint density at radius 2 is 1.73 bits per heavy atom. The minimum Gasteiger partial charge on any atom is -0.258 e. The lowest BCUT2D eigenvalue weighted by Gasteiger charge is -1.92. The Morgan fingerprint density at radius 3 is 2.33 bits per heavy atom. The van der Waals surface area contributed by atoms with E-state index in [9.17, 15) is 20.2 Å². The van der Waals surface area contributed by atoms with Crippen LogP contribution in [0.5, 0.6) is 0 Å². The number of thiophene rings is 1. The highest BCUT2D eigenvalue weighted by atomic mass is 32.1. The summed E-state index contributed by atoms with van der Waals surface area (Å²) in [6.07, 6.45) is 0. The number of nitro groups is 2. The smallest absolute Gasteiger partial charge is 0.258 e. The summed E-state index contributed by atoms with van der Waals surface area (Å²) in [5, 5.41) is 22.9. The molecule has 0 N–H and O–H groups in total. The molecule has 0 saturated heterocycles. The normalized spacial score (nSPS) is 10.4. The maximum Gasteiger partial charge on any atom is 0.288 e. The summed E-state index contributed by atoms with van der Waals surface area (Å²) in [6.45, 7) is 0. The molecule has 0 aliphatic carbocycles. The fraction of sp³-hybridized carbons (Fsp3) is 0. The standard InChI is InChI=1S/C8H4N2O4S/c11-9(12)6-3-1-2-5-7(10(13)14)4-15-8(5)6/h1-4H. The van der Waals surface area contributed by atoms with E-state index in [2.05, 4.69) is 0 Å². The van der Waals surface area contributed by atoms with Gasteiger partial charge in [-0.05, 0) is 6.07 Å². The van der Waals surface area contributed by atoms with Gasteiger partial charge in [-0.2, -0.15) is 0 Å². The summed E-state index contributed by atoms with van der Waals surface area (Å²) < 4.78 is 0.342. The van der Waals surface area contributed by atoms with E-state index < -0.39 is 9.85 Å². The molecular formula is C8H4N2O4S. The fourth-order valence-corrected chi connectivity index (χ4v) is 2.32. The zero-order chi connectivity index (χ0) is 11.0. The van der Waals surface area contributed by atoms with Crippen molar-refractivity contribution in [3.8, 4) is 0 Å². The monoisotopic (exact) mass is 224 g/mol. The molecule has 1 heterocycles. The molecule has 7 heteroatoms. The van der Waals surface area contributed by atoms with Gasteiger partial charge in [-0.15, -0.1) is 11.3 Å². The van der Waals surface area contributed by atoms with Gasteiger partial charge in [0.25, 0.3) is 11.4 Å². The lowest BCUT2D eigenvalue weighted by molar-refractivity contribution is -0.384. The summed E-state index contributed by atoms with van der Waals surface area (Å²) in [6, 6.07) is 4.29.